The molecule has 2 rings (SSSR count). The molecule has 19 heavy (non-hydrogen) atoms. The van der Waals surface area contributed by atoms with E-state index in [0.29, 0.717) is 11.3 Å². The number of aromatic nitrogens is 1. The van der Waals surface area contributed by atoms with Crippen molar-refractivity contribution in [3.05, 3.63) is 65.7 Å². The predicted octanol–water partition coefficient (Wildman–Crippen LogP) is 1.84. The highest BCUT2D eigenvalue weighted by molar-refractivity contribution is 7.88. The quantitative estimate of drug-likeness (QED) is 0.909. The maximum absolute atomic E-state index is 12.7. The van der Waals surface area contributed by atoms with Crippen LogP contribution in [0.5, 0.6) is 0 Å². The average Bonchev–Trinajstić information content (AvgIpc) is 2.40. The summed E-state index contributed by atoms with van der Waals surface area (Å²) < 4.78 is 38.8. The molecule has 0 unspecified atom stereocenters. The van der Waals surface area contributed by atoms with Gasteiger partial charge in [0.2, 0.25) is 10.0 Å². The molecule has 0 fully saturated rings. The van der Waals surface area contributed by atoms with E-state index < -0.39 is 10.0 Å². The van der Waals surface area contributed by atoms with E-state index in [-0.39, 0.29) is 18.1 Å². The molecule has 0 aliphatic carbocycles. The lowest BCUT2D eigenvalue weighted by Crippen LogP contribution is -2.25. The van der Waals surface area contributed by atoms with Crippen molar-refractivity contribution in [2.45, 2.75) is 12.3 Å². The van der Waals surface area contributed by atoms with Crippen LogP contribution in [0.1, 0.15) is 11.3 Å². The number of hydrogen-bond acceptors (Lipinski definition) is 3. The SMILES string of the molecule is O=S(=O)(Cc1ccc(F)cc1)NCc1ccccn1. The van der Waals surface area contributed by atoms with E-state index in [1.165, 1.54) is 24.3 Å². The van der Waals surface area contributed by atoms with Gasteiger partial charge in [-0.05, 0) is 29.8 Å². The van der Waals surface area contributed by atoms with Crippen LogP contribution in [-0.4, -0.2) is 13.4 Å². The molecule has 4 nitrogen and oxygen atoms in total. The van der Waals surface area contributed by atoms with E-state index in [4.69, 9.17) is 0 Å². The first-order valence-corrected chi connectivity index (χ1v) is 7.32. The van der Waals surface area contributed by atoms with Gasteiger partial charge in [-0.25, -0.2) is 17.5 Å². The molecule has 1 aromatic carbocycles. The van der Waals surface area contributed by atoms with Gasteiger partial charge in [0, 0.05) is 6.20 Å². The summed E-state index contributed by atoms with van der Waals surface area (Å²) in [5.41, 5.74) is 1.18. The Morgan fingerprint density at radius 1 is 1.11 bits per heavy atom. The first-order chi connectivity index (χ1) is 9.05. The molecule has 0 aliphatic heterocycles. The van der Waals surface area contributed by atoms with Crippen molar-refractivity contribution in [2.75, 3.05) is 0 Å². The number of nitrogens with zero attached hydrogens (tertiary/aromatic N) is 1. The molecule has 0 atom stereocenters. The van der Waals surface area contributed by atoms with E-state index in [1.807, 2.05) is 0 Å². The molecular weight excluding hydrogens is 267 g/mol. The third kappa shape index (κ3) is 4.42. The molecule has 100 valence electrons. The molecular formula is C13H13FN2O2S. The van der Waals surface area contributed by atoms with E-state index in [9.17, 15) is 12.8 Å². The topological polar surface area (TPSA) is 59.1 Å². The lowest BCUT2D eigenvalue weighted by atomic mass is 10.2. The second-order valence-corrected chi connectivity index (χ2v) is 5.83. The zero-order valence-electron chi connectivity index (χ0n) is 10.1. The molecule has 1 aromatic heterocycles. The number of rotatable bonds is 5. The molecule has 0 bridgehead atoms. The number of sulfonamides is 1. The van der Waals surface area contributed by atoms with E-state index in [2.05, 4.69) is 9.71 Å². The Balaban J connectivity index is 1.97. The van der Waals surface area contributed by atoms with Gasteiger partial charge in [-0.1, -0.05) is 18.2 Å². The maximum atomic E-state index is 12.7. The minimum absolute atomic E-state index is 0.143. The molecule has 0 spiro atoms. The van der Waals surface area contributed by atoms with Gasteiger partial charge in [0.25, 0.3) is 0 Å². The highest BCUT2D eigenvalue weighted by atomic mass is 32.2. The van der Waals surface area contributed by atoms with Crippen molar-refractivity contribution in [3.8, 4) is 0 Å². The largest absolute Gasteiger partial charge is 0.260 e. The van der Waals surface area contributed by atoms with Crippen LogP contribution in [0.2, 0.25) is 0 Å². The van der Waals surface area contributed by atoms with Gasteiger partial charge in [-0.15, -0.1) is 0 Å². The number of benzene rings is 1. The van der Waals surface area contributed by atoms with Crippen molar-refractivity contribution >= 4 is 10.0 Å². The second-order valence-electron chi connectivity index (χ2n) is 4.03. The van der Waals surface area contributed by atoms with Crippen LogP contribution in [-0.2, 0) is 22.3 Å². The highest BCUT2D eigenvalue weighted by Crippen LogP contribution is 2.07. The Hall–Kier alpha value is -1.79. The molecule has 2 aromatic rings. The summed E-state index contributed by atoms with van der Waals surface area (Å²) >= 11 is 0. The maximum Gasteiger partial charge on any atom is 0.216 e. The summed E-state index contributed by atoms with van der Waals surface area (Å²) in [5, 5.41) is 0. The lowest BCUT2D eigenvalue weighted by molar-refractivity contribution is 0.579. The summed E-state index contributed by atoms with van der Waals surface area (Å²) in [6.07, 6.45) is 1.60. The van der Waals surface area contributed by atoms with Crippen molar-refractivity contribution in [3.63, 3.8) is 0 Å². The fourth-order valence-electron chi connectivity index (χ4n) is 1.54. The van der Waals surface area contributed by atoms with Crippen LogP contribution in [0.15, 0.2) is 48.7 Å². The Kier molecular flexibility index (Phi) is 4.24. The van der Waals surface area contributed by atoms with Gasteiger partial charge in [0.15, 0.2) is 0 Å². The van der Waals surface area contributed by atoms with Gasteiger partial charge < -0.3 is 0 Å². The number of hydrogen-bond donors (Lipinski definition) is 1. The second kappa shape index (κ2) is 5.90. The zero-order valence-corrected chi connectivity index (χ0v) is 10.9. The molecule has 0 saturated carbocycles. The van der Waals surface area contributed by atoms with Crippen LogP contribution in [0.25, 0.3) is 0 Å². The van der Waals surface area contributed by atoms with Crippen LogP contribution >= 0.6 is 0 Å². The fourth-order valence-corrected chi connectivity index (χ4v) is 2.64. The minimum atomic E-state index is -3.46. The fraction of sp³-hybridized carbons (Fsp3) is 0.154. The first-order valence-electron chi connectivity index (χ1n) is 5.67. The van der Waals surface area contributed by atoms with Gasteiger partial charge in [-0.2, -0.15) is 0 Å². The summed E-state index contributed by atoms with van der Waals surface area (Å²) in [7, 11) is -3.46. The predicted molar refractivity (Wildman–Crippen MR) is 70.1 cm³/mol. The average molecular weight is 280 g/mol. The standard InChI is InChI=1S/C13H13FN2O2S/c14-12-6-4-11(5-7-12)10-19(17,18)16-9-13-3-1-2-8-15-13/h1-8,16H,9-10H2. The van der Waals surface area contributed by atoms with Crippen LogP contribution in [0, 0.1) is 5.82 Å². The van der Waals surface area contributed by atoms with Gasteiger partial charge in [0.05, 0.1) is 18.0 Å². The summed E-state index contributed by atoms with van der Waals surface area (Å²) in [5.74, 6) is -0.567. The highest BCUT2D eigenvalue weighted by Gasteiger charge is 2.11. The number of halogens is 1. The van der Waals surface area contributed by atoms with Crippen LogP contribution in [0.3, 0.4) is 0 Å². The molecule has 0 radical (unpaired) electrons. The molecule has 0 aliphatic rings. The third-order valence-electron chi connectivity index (χ3n) is 2.47. The number of nitrogens with one attached hydrogen (secondary N) is 1. The summed E-state index contributed by atoms with van der Waals surface area (Å²) in [6.45, 7) is 0.143. The smallest absolute Gasteiger partial charge is 0.216 e. The normalized spacial score (nSPS) is 11.4. The van der Waals surface area contributed by atoms with Gasteiger partial charge in [-0.3, -0.25) is 4.98 Å². The van der Waals surface area contributed by atoms with Crippen LogP contribution < -0.4 is 4.72 Å². The third-order valence-corrected chi connectivity index (χ3v) is 3.77. The van der Waals surface area contributed by atoms with Gasteiger partial charge >= 0.3 is 0 Å². The summed E-state index contributed by atoms with van der Waals surface area (Å²) in [6, 6.07) is 10.7. The monoisotopic (exact) mass is 280 g/mol. The van der Waals surface area contributed by atoms with Crippen molar-refractivity contribution in [1.82, 2.24) is 9.71 Å². The molecule has 6 heteroatoms. The lowest BCUT2D eigenvalue weighted by Gasteiger charge is -2.06. The summed E-state index contributed by atoms with van der Waals surface area (Å²) in [4.78, 5) is 4.02. The minimum Gasteiger partial charge on any atom is -0.260 e. The van der Waals surface area contributed by atoms with Gasteiger partial charge in [0.1, 0.15) is 5.82 Å². The Morgan fingerprint density at radius 2 is 1.84 bits per heavy atom. The first kappa shape index (κ1) is 13.6. The van der Waals surface area contributed by atoms with Crippen molar-refractivity contribution < 1.29 is 12.8 Å². The Labute approximate surface area is 111 Å². The molecule has 1 heterocycles. The van der Waals surface area contributed by atoms with E-state index in [0.717, 1.165) is 0 Å². The molecule has 0 amide bonds. The Morgan fingerprint density at radius 3 is 2.47 bits per heavy atom. The molecule has 1 N–H and O–H groups in total. The van der Waals surface area contributed by atoms with E-state index >= 15 is 0 Å². The number of pyridine rings is 1. The zero-order chi connectivity index (χ0) is 13.7. The molecule has 0 saturated heterocycles. The van der Waals surface area contributed by atoms with E-state index in [1.54, 1.807) is 24.4 Å². The van der Waals surface area contributed by atoms with Crippen LogP contribution in [0.4, 0.5) is 4.39 Å². The Bertz CT molecular complexity index is 627. The van der Waals surface area contributed by atoms with Crippen molar-refractivity contribution in [1.29, 1.82) is 0 Å². The van der Waals surface area contributed by atoms with Crippen molar-refractivity contribution in [2.24, 2.45) is 0 Å².